The molecule has 0 saturated carbocycles. The third-order valence-electron chi connectivity index (χ3n) is 2.57. The van der Waals surface area contributed by atoms with Gasteiger partial charge in [0.2, 0.25) is 0 Å². The Kier molecular flexibility index (Phi) is 6.56. The average Bonchev–Trinajstić information content (AvgIpc) is 2.34. The number of ether oxygens (including phenoxy) is 1. The van der Waals surface area contributed by atoms with Gasteiger partial charge in [0, 0.05) is 18.5 Å². The van der Waals surface area contributed by atoms with Gasteiger partial charge in [-0.05, 0) is 19.3 Å². The lowest BCUT2D eigenvalue weighted by Crippen LogP contribution is -2.11. The number of rotatable bonds is 7. The zero-order chi connectivity index (χ0) is 14.3. The molecule has 0 amide bonds. The van der Waals surface area contributed by atoms with Crippen molar-refractivity contribution in [3.63, 3.8) is 0 Å². The second kappa shape index (κ2) is 7.94. The van der Waals surface area contributed by atoms with Gasteiger partial charge in [-0.15, -0.1) is 0 Å². The number of hydrogen-bond donors (Lipinski definition) is 1. The minimum absolute atomic E-state index is 0.172. The largest absolute Gasteiger partial charge is 0.466 e. The predicted octanol–water partition coefficient (Wildman–Crippen LogP) is 3.01. The first kappa shape index (κ1) is 15.7. The molecule has 6 heteroatoms. The second-order valence-electron chi connectivity index (χ2n) is 4.42. The molecule has 1 aromatic heterocycles. The van der Waals surface area contributed by atoms with Gasteiger partial charge in [0.05, 0.1) is 6.61 Å². The van der Waals surface area contributed by atoms with Crippen molar-refractivity contribution in [3.05, 3.63) is 17.0 Å². The van der Waals surface area contributed by atoms with Crippen LogP contribution >= 0.6 is 11.6 Å². The molecule has 0 fully saturated rings. The van der Waals surface area contributed by atoms with Crippen LogP contribution in [0.3, 0.4) is 0 Å². The number of hydrogen-bond acceptors (Lipinski definition) is 5. The Bertz CT molecular complexity index is 424. The zero-order valence-electron chi connectivity index (χ0n) is 11.6. The van der Waals surface area contributed by atoms with E-state index in [0.29, 0.717) is 31.1 Å². The van der Waals surface area contributed by atoms with Crippen molar-refractivity contribution < 1.29 is 9.53 Å². The quantitative estimate of drug-likeness (QED) is 0.474. The van der Waals surface area contributed by atoms with Gasteiger partial charge in [-0.3, -0.25) is 4.79 Å². The van der Waals surface area contributed by atoms with Crippen molar-refractivity contribution in [3.8, 4) is 0 Å². The molecule has 0 saturated heterocycles. The number of anilines is 1. The van der Waals surface area contributed by atoms with Gasteiger partial charge in [-0.2, -0.15) is 0 Å². The average molecular weight is 286 g/mol. The maximum atomic E-state index is 11.2. The van der Waals surface area contributed by atoms with Crippen LogP contribution in [0.4, 0.5) is 5.82 Å². The van der Waals surface area contributed by atoms with Crippen molar-refractivity contribution >= 4 is 23.4 Å². The fraction of sp³-hybridized carbons (Fsp3) is 0.615. The summed E-state index contributed by atoms with van der Waals surface area (Å²) in [6.45, 7) is 6.94. The Balaban J connectivity index is 2.50. The number of halogens is 1. The lowest BCUT2D eigenvalue weighted by Gasteiger charge is -2.14. The van der Waals surface area contributed by atoms with Crippen LogP contribution in [-0.2, 0) is 9.53 Å². The van der Waals surface area contributed by atoms with Crippen LogP contribution in [0.15, 0.2) is 6.33 Å². The summed E-state index contributed by atoms with van der Waals surface area (Å²) in [4.78, 5) is 19.4. The second-order valence-corrected chi connectivity index (χ2v) is 4.77. The number of nitrogens with one attached hydrogen (secondary N) is 1. The molecule has 0 aliphatic rings. The van der Waals surface area contributed by atoms with E-state index in [9.17, 15) is 4.79 Å². The summed E-state index contributed by atoms with van der Waals surface area (Å²) in [5.41, 5.74) is 0.903. The molecule has 5 nitrogen and oxygen atoms in total. The highest BCUT2D eigenvalue weighted by Crippen LogP contribution is 2.27. The maximum Gasteiger partial charge on any atom is 0.305 e. The van der Waals surface area contributed by atoms with Crippen molar-refractivity contribution in [2.24, 2.45) is 0 Å². The summed E-state index contributed by atoms with van der Waals surface area (Å²) >= 11 is 6.06. The summed E-state index contributed by atoms with van der Waals surface area (Å²) in [7, 11) is 0. The Morgan fingerprint density at radius 2 is 2.21 bits per heavy atom. The third-order valence-corrected chi connectivity index (χ3v) is 2.87. The molecule has 0 unspecified atom stereocenters. The molecule has 19 heavy (non-hydrogen) atoms. The van der Waals surface area contributed by atoms with E-state index in [1.807, 2.05) is 13.8 Å². The van der Waals surface area contributed by atoms with E-state index >= 15 is 0 Å². The molecule has 1 aromatic rings. The molecule has 106 valence electrons. The SMILES string of the molecule is CCOC(=O)CCCNc1ncnc(Cl)c1C(C)C. The molecule has 0 atom stereocenters. The van der Waals surface area contributed by atoms with Crippen LogP contribution < -0.4 is 5.32 Å². The minimum Gasteiger partial charge on any atom is -0.466 e. The molecular formula is C13H20ClN3O2. The van der Waals surface area contributed by atoms with Gasteiger partial charge in [-0.1, -0.05) is 25.4 Å². The van der Waals surface area contributed by atoms with E-state index < -0.39 is 0 Å². The standard InChI is InChI=1S/C13H20ClN3O2/c1-4-19-10(18)6-5-7-15-13-11(9(2)3)12(14)16-8-17-13/h8-9H,4-7H2,1-3H3,(H,15,16,17). The fourth-order valence-electron chi connectivity index (χ4n) is 1.70. The van der Waals surface area contributed by atoms with Crippen LogP contribution in [0, 0.1) is 0 Å². The predicted molar refractivity (Wildman–Crippen MR) is 75.5 cm³/mol. The topological polar surface area (TPSA) is 64.1 Å². The van der Waals surface area contributed by atoms with E-state index in [1.54, 1.807) is 6.92 Å². The first-order valence-corrected chi connectivity index (χ1v) is 6.84. The Morgan fingerprint density at radius 1 is 1.47 bits per heavy atom. The summed E-state index contributed by atoms with van der Waals surface area (Å²) < 4.78 is 4.86. The molecule has 1 heterocycles. The number of esters is 1. The Morgan fingerprint density at radius 3 is 2.84 bits per heavy atom. The molecule has 1 N–H and O–H groups in total. The van der Waals surface area contributed by atoms with Crippen LogP contribution in [-0.4, -0.2) is 29.1 Å². The van der Waals surface area contributed by atoms with Crippen LogP contribution in [0.2, 0.25) is 5.15 Å². The smallest absolute Gasteiger partial charge is 0.305 e. The summed E-state index contributed by atoms with van der Waals surface area (Å²) in [5.74, 6) is 0.800. The van der Waals surface area contributed by atoms with Gasteiger partial charge in [-0.25, -0.2) is 9.97 Å². The monoisotopic (exact) mass is 285 g/mol. The molecular weight excluding hydrogens is 266 g/mol. The molecule has 0 radical (unpaired) electrons. The van der Waals surface area contributed by atoms with E-state index in [2.05, 4.69) is 15.3 Å². The van der Waals surface area contributed by atoms with E-state index in [4.69, 9.17) is 16.3 Å². The molecule has 0 bridgehead atoms. The van der Waals surface area contributed by atoms with Crippen molar-refractivity contribution in [1.29, 1.82) is 0 Å². The van der Waals surface area contributed by atoms with E-state index in [-0.39, 0.29) is 11.9 Å². The normalized spacial score (nSPS) is 10.6. The van der Waals surface area contributed by atoms with Gasteiger partial charge >= 0.3 is 5.97 Å². The van der Waals surface area contributed by atoms with Crippen molar-refractivity contribution in [2.45, 2.75) is 39.5 Å². The number of nitrogens with zero attached hydrogens (tertiary/aromatic N) is 2. The minimum atomic E-state index is -0.172. The highest BCUT2D eigenvalue weighted by Gasteiger charge is 2.13. The lowest BCUT2D eigenvalue weighted by atomic mass is 10.1. The maximum absolute atomic E-state index is 11.2. The van der Waals surface area contributed by atoms with Crippen LogP contribution in [0.25, 0.3) is 0 Å². The molecule has 0 aromatic carbocycles. The van der Waals surface area contributed by atoms with E-state index in [0.717, 1.165) is 11.4 Å². The van der Waals surface area contributed by atoms with Gasteiger partial charge in [0.1, 0.15) is 17.3 Å². The summed E-state index contributed by atoms with van der Waals surface area (Å²) in [6, 6.07) is 0. The van der Waals surface area contributed by atoms with Crippen LogP contribution in [0.5, 0.6) is 0 Å². The summed E-state index contributed by atoms with van der Waals surface area (Å²) in [5, 5.41) is 3.66. The molecule has 0 aliphatic carbocycles. The zero-order valence-corrected chi connectivity index (χ0v) is 12.3. The van der Waals surface area contributed by atoms with Crippen LogP contribution in [0.1, 0.15) is 45.1 Å². The Labute approximate surface area is 118 Å². The summed E-state index contributed by atoms with van der Waals surface area (Å²) in [6.07, 6.45) is 2.52. The highest BCUT2D eigenvalue weighted by molar-refractivity contribution is 6.30. The fourth-order valence-corrected chi connectivity index (χ4v) is 2.05. The molecule has 0 aliphatic heterocycles. The molecule has 0 spiro atoms. The van der Waals surface area contributed by atoms with Crippen molar-refractivity contribution in [2.75, 3.05) is 18.5 Å². The van der Waals surface area contributed by atoms with Gasteiger partial charge in [0.25, 0.3) is 0 Å². The van der Waals surface area contributed by atoms with Gasteiger partial charge < -0.3 is 10.1 Å². The third kappa shape index (κ3) is 5.03. The number of carbonyl (C=O) groups is 1. The number of carbonyl (C=O) groups excluding carboxylic acids is 1. The van der Waals surface area contributed by atoms with Gasteiger partial charge in [0.15, 0.2) is 0 Å². The Hall–Kier alpha value is -1.36. The first-order chi connectivity index (χ1) is 9.06. The first-order valence-electron chi connectivity index (χ1n) is 6.46. The molecule has 1 rings (SSSR count). The van der Waals surface area contributed by atoms with Crippen molar-refractivity contribution in [1.82, 2.24) is 9.97 Å². The highest BCUT2D eigenvalue weighted by atomic mass is 35.5. The van der Waals surface area contributed by atoms with E-state index in [1.165, 1.54) is 6.33 Å². The number of aromatic nitrogens is 2. The lowest BCUT2D eigenvalue weighted by molar-refractivity contribution is -0.143.